The van der Waals surface area contributed by atoms with E-state index in [1.807, 2.05) is 0 Å². The number of hydrogen-bond acceptors (Lipinski definition) is 3. The molecule has 6 heteroatoms. The second-order valence-electron chi connectivity index (χ2n) is 4.81. The maximum absolute atomic E-state index is 11.4. The molecule has 1 rings (SSSR count). The first-order valence-corrected chi connectivity index (χ1v) is 6.41. The van der Waals surface area contributed by atoms with Crippen LogP contribution in [0, 0.1) is 5.92 Å². The van der Waals surface area contributed by atoms with E-state index in [0.717, 1.165) is 19.5 Å². The Morgan fingerprint density at radius 2 is 1.94 bits per heavy atom. The van der Waals surface area contributed by atoms with Crippen LogP contribution in [0.2, 0.25) is 0 Å². The Morgan fingerprint density at radius 1 is 1.33 bits per heavy atom. The van der Waals surface area contributed by atoms with Gasteiger partial charge in [0, 0.05) is 19.5 Å². The third-order valence-electron chi connectivity index (χ3n) is 3.02. The highest BCUT2D eigenvalue weighted by molar-refractivity contribution is 5.85. The van der Waals surface area contributed by atoms with Crippen molar-refractivity contribution in [2.45, 2.75) is 32.6 Å². The lowest BCUT2D eigenvalue weighted by Gasteiger charge is -2.20. The zero-order valence-electron chi connectivity index (χ0n) is 11.2. The van der Waals surface area contributed by atoms with Crippen molar-refractivity contribution in [3.05, 3.63) is 0 Å². The molecule has 1 unspecified atom stereocenters. The van der Waals surface area contributed by atoms with Gasteiger partial charge in [-0.3, -0.25) is 4.79 Å². The predicted molar refractivity (Wildman–Crippen MR) is 80.6 cm³/mol. The van der Waals surface area contributed by atoms with Crippen molar-refractivity contribution in [1.82, 2.24) is 10.2 Å². The van der Waals surface area contributed by atoms with Crippen molar-refractivity contribution in [2.24, 2.45) is 11.7 Å². The monoisotopic (exact) mass is 299 g/mol. The van der Waals surface area contributed by atoms with Gasteiger partial charge in [0.15, 0.2) is 0 Å². The first-order valence-electron chi connectivity index (χ1n) is 6.41. The summed E-state index contributed by atoms with van der Waals surface area (Å²) >= 11 is 0. The molecule has 0 aromatic carbocycles. The molecule has 1 heterocycles. The molecule has 1 atom stereocenters. The molecule has 1 amide bonds. The van der Waals surface area contributed by atoms with Crippen LogP contribution in [0.4, 0.5) is 0 Å². The number of nitrogens with zero attached hydrogens (tertiary/aromatic N) is 1. The van der Waals surface area contributed by atoms with E-state index in [4.69, 9.17) is 5.73 Å². The van der Waals surface area contributed by atoms with Crippen LogP contribution in [0.25, 0.3) is 0 Å². The number of nitrogens with two attached hydrogens (primary N) is 1. The van der Waals surface area contributed by atoms with Gasteiger partial charge in [-0.2, -0.15) is 0 Å². The standard InChI is InChI=1S/C12H25N3O.2ClH/c1-11(10-15-7-2-3-8-15)9-14-12(16)5-4-6-13;;/h11H,2-10,13H2,1H3,(H,14,16);2*1H. The summed E-state index contributed by atoms with van der Waals surface area (Å²) in [5, 5.41) is 2.97. The highest BCUT2D eigenvalue weighted by Crippen LogP contribution is 2.09. The zero-order chi connectivity index (χ0) is 11.8. The summed E-state index contributed by atoms with van der Waals surface area (Å²) in [6.07, 6.45) is 4.00. The van der Waals surface area contributed by atoms with E-state index in [1.165, 1.54) is 25.9 Å². The number of rotatable bonds is 7. The molecule has 18 heavy (non-hydrogen) atoms. The fourth-order valence-corrected chi connectivity index (χ4v) is 2.11. The Hall–Kier alpha value is -0.0300. The first kappa shape index (κ1) is 20.3. The summed E-state index contributed by atoms with van der Waals surface area (Å²) in [6.45, 7) is 7.15. The summed E-state index contributed by atoms with van der Waals surface area (Å²) in [4.78, 5) is 13.8. The van der Waals surface area contributed by atoms with Crippen molar-refractivity contribution in [3.8, 4) is 0 Å². The number of carbonyl (C=O) groups excluding carboxylic acids is 1. The smallest absolute Gasteiger partial charge is 0.220 e. The van der Waals surface area contributed by atoms with E-state index < -0.39 is 0 Å². The lowest BCUT2D eigenvalue weighted by molar-refractivity contribution is -0.121. The van der Waals surface area contributed by atoms with Crippen LogP contribution in [0.15, 0.2) is 0 Å². The number of halogens is 2. The molecule has 1 aliphatic rings. The fraction of sp³-hybridized carbons (Fsp3) is 0.917. The average molecular weight is 300 g/mol. The van der Waals surface area contributed by atoms with Crippen LogP contribution in [0.1, 0.15) is 32.6 Å². The van der Waals surface area contributed by atoms with Gasteiger partial charge >= 0.3 is 0 Å². The lowest BCUT2D eigenvalue weighted by atomic mass is 10.1. The van der Waals surface area contributed by atoms with E-state index in [1.54, 1.807) is 0 Å². The van der Waals surface area contributed by atoms with E-state index in [2.05, 4.69) is 17.1 Å². The number of hydrogen-bond donors (Lipinski definition) is 2. The van der Waals surface area contributed by atoms with Crippen molar-refractivity contribution in [1.29, 1.82) is 0 Å². The molecule has 0 spiro atoms. The van der Waals surface area contributed by atoms with E-state index in [-0.39, 0.29) is 30.7 Å². The van der Waals surface area contributed by atoms with Crippen molar-refractivity contribution < 1.29 is 4.79 Å². The Morgan fingerprint density at radius 3 is 2.50 bits per heavy atom. The maximum atomic E-state index is 11.4. The average Bonchev–Trinajstić information content (AvgIpc) is 2.76. The van der Waals surface area contributed by atoms with Gasteiger partial charge in [0.05, 0.1) is 0 Å². The molecular formula is C12H27Cl2N3O. The SMILES string of the molecule is CC(CNC(=O)CCCN)CN1CCCC1.Cl.Cl. The minimum atomic E-state index is 0. The van der Waals surface area contributed by atoms with Gasteiger partial charge in [-0.15, -0.1) is 24.8 Å². The highest BCUT2D eigenvalue weighted by atomic mass is 35.5. The van der Waals surface area contributed by atoms with Gasteiger partial charge < -0.3 is 16.0 Å². The van der Waals surface area contributed by atoms with Gasteiger partial charge in [0.1, 0.15) is 0 Å². The first-order chi connectivity index (χ1) is 7.72. The minimum absolute atomic E-state index is 0. The molecule has 1 saturated heterocycles. The Kier molecular flexibility index (Phi) is 13.6. The van der Waals surface area contributed by atoms with Crippen LogP contribution in [0.5, 0.6) is 0 Å². The number of carbonyl (C=O) groups is 1. The molecule has 0 radical (unpaired) electrons. The van der Waals surface area contributed by atoms with E-state index in [0.29, 0.717) is 18.9 Å². The van der Waals surface area contributed by atoms with E-state index >= 15 is 0 Å². The summed E-state index contributed by atoms with van der Waals surface area (Å²) in [5.41, 5.74) is 5.35. The molecule has 3 N–H and O–H groups in total. The molecular weight excluding hydrogens is 273 g/mol. The molecule has 0 aromatic rings. The van der Waals surface area contributed by atoms with Gasteiger partial charge in [-0.25, -0.2) is 0 Å². The third kappa shape index (κ3) is 8.97. The second-order valence-corrected chi connectivity index (χ2v) is 4.81. The molecule has 110 valence electrons. The highest BCUT2D eigenvalue weighted by Gasteiger charge is 2.14. The Labute approximate surface area is 123 Å². The Balaban J connectivity index is 0. The maximum Gasteiger partial charge on any atom is 0.220 e. The Bertz CT molecular complexity index is 211. The number of likely N-dealkylation sites (tertiary alicyclic amines) is 1. The second kappa shape index (κ2) is 12.0. The summed E-state index contributed by atoms with van der Waals surface area (Å²) in [6, 6.07) is 0. The quantitative estimate of drug-likeness (QED) is 0.747. The number of amides is 1. The molecule has 0 aromatic heterocycles. The largest absolute Gasteiger partial charge is 0.356 e. The molecule has 0 saturated carbocycles. The van der Waals surface area contributed by atoms with E-state index in [9.17, 15) is 4.79 Å². The van der Waals surface area contributed by atoms with Crippen LogP contribution in [0.3, 0.4) is 0 Å². The van der Waals surface area contributed by atoms with Crippen LogP contribution in [-0.2, 0) is 4.79 Å². The van der Waals surface area contributed by atoms with Crippen LogP contribution >= 0.6 is 24.8 Å². The summed E-state index contributed by atoms with van der Waals surface area (Å²) < 4.78 is 0. The van der Waals surface area contributed by atoms with Crippen molar-refractivity contribution in [2.75, 3.05) is 32.7 Å². The van der Waals surface area contributed by atoms with Gasteiger partial charge in [-0.05, 0) is 44.8 Å². The molecule has 1 aliphatic heterocycles. The summed E-state index contributed by atoms with van der Waals surface area (Å²) in [5.74, 6) is 0.679. The topological polar surface area (TPSA) is 58.4 Å². The van der Waals surface area contributed by atoms with Crippen LogP contribution in [-0.4, -0.2) is 43.5 Å². The van der Waals surface area contributed by atoms with Crippen molar-refractivity contribution >= 4 is 30.7 Å². The summed E-state index contributed by atoms with van der Waals surface area (Å²) in [7, 11) is 0. The van der Waals surface area contributed by atoms with Gasteiger partial charge in [-0.1, -0.05) is 6.92 Å². The van der Waals surface area contributed by atoms with Crippen molar-refractivity contribution in [3.63, 3.8) is 0 Å². The molecule has 4 nitrogen and oxygen atoms in total. The predicted octanol–water partition coefficient (Wildman–Crippen LogP) is 1.42. The lowest BCUT2D eigenvalue weighted by Crippen LogP contribution is -2.34. The zero-order valence-corrected chi connectivity index (χ0v) is 12.8. The molecule has 1 fully saturated rings. The molecule has 0 bridgehead atoms. The van der Waals surface area contributed by atoms with Crippen LogP contribution < -0.4 is 11.1 Å². The van der Waals surface area contributed by atoms with Gasteiger partial charge in [0.2, 0.25) is 5.91 Å². The fourth-order valence-electron chi connectivity index (χ4n) is 2.11. The minimum Gasteiger partial charge on any atom is -0.356 e. The third-order valence-corrected chi connectivity index (χ3v) is 3.02. The van der Waals surface area contributed by atoms with Gasteiger partial charge in [0.25, 0.3) is 0 Å². The molecule has 0 aliphatic carbocycles. The number of nitrogens with one attached hydrogen (secondary N) is 1. The normalized spacial score (nSPS) is 16.6.